The van der Waals surface area contributed by atoms with E-state index in [4.69, 9.17) is 23.2 Å². The number of nitrogens with zero attached hydrogens (tertiary/aromatic N) is 3. The number of H-pyrrole nitrogens is 1. The molecule has 1 fully saturated rings. The van der Waals surface area contributed by atoms with Crippen molar-refractivity contribution in [3.8, 4) is 0 Å². The second-order valence-electron chi connectivity index (χ2n) is 5.26. The number of nitrogens with one attached hydrogen (secondary N) is 2. The van der Waals surface area contributed by atoms with Crippen LogP contribution < -0.4 is 5.32 Å². The summed E-state index contributed by atoms with van der Waals surface area (Å²) in [4.78, 5) is 18.4. The number of amides is 1. The summed E-state index contributed by atoms with van der Waals surface area (Å²) in [6.07, 6.45) is 2.46. The molecule has 1 aromatic heterocycles. The third-order valence-electron chi connectivity index (χ3n) is 3.66. The van der Waals surface area contributed by atoms with E-state index in [1.807, 2.05) is 0 Å². The van der Waals surface area contributed by atoms with Crippen LogP contribution in [0.3, 0.4) is 0 Å². The molecule has 1 saturated heterocycles. The number of aromatic nitrogens is 3. The Morgan fingerprint density at radius 3 is 3.09 bits per heavy atom. The molecular weight excluding hydrogens is 325 g/mol. The summed E-state index contributed by atoms with van der Waals surface area (Å²) in [5, 5.41) is 10.6. The van der Waals surface area contributed by atoms with Crippen molar-refractivity contribution in [2.24, 2.45) is 0 Å². The fourth-order valence-corrected chi connectivity index (χ4v) is 2.93. The van der Waals surface area contributed by atoms with Gasteiger partial charge in [0.1, 0.15) is 12.2 Å². The van der Waals surface area contributed by atoms with E-state index in [9.17, 15) is 4.79 Å². The third-order valence-corrected chi connectivity index (χ3v) is 4.23. The van der Waals surface area contributed by atoms with Crippen molar-refractivity contribution in [1.82, 2.24) is 20.1 Å². The van der Waals surface area contributed by atoms with E-state index < -0.39 is 0 Å². The zero-order chi connectivity index (χ0) is 15.5. The third kappa shape index (κ3) is 3.58. The highest BCUT2D eigenvalue weighted by atomic mass is 35.5. The Morgan fingerprint density at radius 1 is 1.45 bits per heavy atom. The first kappa shape index (κ1) is 15.3. The molecule has 1 amide bonds. The number of halogens is 2. The number of carbonyl (C=O) groups is 1. The Balaban J connectivity index is 1.55. The molecule has 1 aliphatic rings. The Morgan fingerprint density at radius 2 is 2.32 bits per heavy atom. The van der Waals surface area contributed by atoms with Crippen LogP contribution in [0.25, 0.3) is 0 Å². The molecule has 0 saturated carbocycles. The second kappa shape index (κ2) is 6.64. The lowest BCUT2D eigenvalue weighted by Crippen LogP contribution is -2.31. The van der Waals surface area contributed by atoms with Gasteiger partial charge in [0, 0.05) is 17.5 Å². The van der Waals surface area contributed by atoms with Gasteiger partial charge < -0.3 is 5.32 Å². The first-order chi connectivity index (χ1) is 10.6. The van der Waals surface area contributed by atoms with Gasteiger partial charge in [-0.1, -0.05) is 23.2 Å². The number of anilines is 1. The van der Waals surface area contributed by atoms with Crippen molar-refractivity contribution in [2.75, 3.05) is 25.0 Å². The molecule has 0 spiro atoms. The molecular formula is C14H15Cl2N5O. The molecule has 3 rings (SSSR count). The number of likely N-dealkylation sites (tertiary alicyclic amines) is 1. The highest BCUT2D eigenvalue weighted by Crippen LogP contribution is 2.26. The number of hydrogen-bond donors (Lipinski definition) is 2. The van der Waals surface area contributed by atoms with E-state index >= 15 is 0 Å². The van der Waals surface area contributed by atoms with Crippen LogP contribution in [-0.2, 0) is 4.79 Å². The summed E-state index contributed by atoms with van der Waals surface area (Å²) in [6, 6.07) is 4.99. The van der Waals surface area contributed by atoms with Gasteiger partial charge in [-0.05, 0) is 31.2 Å². The summed E-state index contributed by atoms with van der Waals surface area (Å²) in [7, 11) is 0. The van der Waals surface area contributed by atoms with Gasteiger partial charge in [0.05, 0.1) is 17.3 Å². The quantitative estimate of drug-likeness (QED) is 0.897. The summed E-state index contributed by atoms with van der Waals surface area (Å²) >= 11 is 12.0. The highest BCUT2D eigenvalue weighted by Gasteiger charge is 2.27. The molecule has 2 aromatic rings. The van der Waals surface area contributed by atoms with E-state index in [0.717, 1.165) is 25.3 Å². The average Bonchev–Trinajstić information content (AvgIpc) is 3.13. The van der Waals surface area contributed by atoms with Gasteiger partial charge in [0.2, 0.25) is 5.91 Å². The van der Waals surface area contributed by atoms with Crippen molar-refractivity contribution in [3.63, 3.8) is 0 Å². The molecule has 1 aromatic carbocycles. The largest absolute Gasteiger partial charge is 0.324 e. The molecule has 22 heavy (non-hydrogen) atoms. The van der Waals surface area contributed by atoms with Crippen molar-refractivity contribution in [2.45, 2.75) is 12.3 Å². The summed E-state index contributed by atoms with van der Waals surface area (Å²) in [5.41, 5.74) is 0.533. The van der Waals surface area contributed by atoms with Crippen LogP contribution in [0.15, 0.2) is 24.5 Å². The lowest BCUT2D eigenvalue weighted by molar-refractivity contribution is -0.117. The highest BCUT2D eigenvalue weighted by molar-refractivity contribution is 6.35. The van der Waals surface area contributed by atoms with Crippen LogP contribution >= 0.6 is 23.2 Å². The Bertz CT molecular complexity index is 661. The van der Waals surface area contributed by atoms with Crippen molar-refractivity contribution in [1.29, 1.82) is 0 Å². The van der Waals surface area contributed by atoms with E-state index in [1.54, 1.807) is 18.2 Å². The molecule has 0 radical (unpaired) electrons. The van der Waals surface area contributed by atoms with E-state index in [1.165, 1.54) is 6.33 Å². The monoisotopic (exact) mass is 339 g/mol. The first-order valence-corrected chi connectivity index (χ1v) is 7.70. The molecule has 2 heterocycles. The average molecular weight is 340 g/mol. The minimum Gasteiger partial charge on any atom is -0.324 e. The zero-order valence-electron chi connectivity index (χ0n) is 11.7. The van der Waals surface area contributed by atoms with E-state index in [2.05, 4.69) is 25.4 Å². The number of carbonyl (C=O) groups excluding carboxylic acids is 1. The maximum absolute atomic E-state index is 12.1. The normalized spacial score (nSPS) is 18.5. The molecule has 116 valence electrons. The Kier molecular flexibility index (Phi) is 4.61. The lowest BCUT2D eigenvalue weighted by Gasteiger charge is -2.15. The maximum Gasteiger partial charge on any atom is 0.238 e. The fourth-order valence-electron chi connectivity index (χ4n) is 2.60. The Labute approximate surface area is 137 Å². The van der Waals surface area contributed by atoms with Gasteiger partial charge >= 0.3 is 0 Å². The maximum atomic E-state index is 12.1. The minimum atomic E-state index is -0.109. The number of hydrogen-bond acceptors (Lipinski definition) is 4. The SMILES string of the molecule is O=C(CN1CCC(c2ncn[nH]2)C1)Nc1cc(Cl)ccc1Cl. The lowest BCUT2D eigenvalue weighted by atomic mass is 10.1. The summed E-state index contributed by atoms with van der Waals surface area (Å²) in [5.74, 6) is 1.06. The van der Waals surface area contributed by atoms with E-state index in [-0.39, 0.29) is 5.91 Å². The van der Waals surface area contributed by atoms with Gasteiger partial charge in [-0.2, -0.15) is 5.10 Å². The van der Waals surface area contributed by atoms with Gasteiger partial charge in [0.25, 0.3) is 0 Å². The molecule has 8 heteroatoms. The summed E-state index contributed by atoms with van der Waals surface area (Å²) < 4.78 is 0. The number of rotatable bonds is 4. The van der Waals surface area contributed by atoms with Crippen molar-refractivity contribution in [3.05, 3.63) is 40.4 Å². The van der Waals surface area contributed by atoms with Crippen LogP contribution in [0.4, 0.5) is 5.69 Å². The molecule has 1 aliphatic heterocycles. The van der Waals surface area contributed by atoms with Crippen LogP contribution in [0.2, 0.25) is 10.0 Å². The predicted molar refractivity (Wildman–Crippen MR) is 85.3 cm³/mol. The molecule has 6 nitrogen and oxygen atoms in total. The smallest absolute Gasteiger partial charge is 0.238 e. The number of benzene rings is 1. The van der Waals surface area contributed by atoms with Gasteiger partial charge in [-0.25, -0.2) is 4.98 Å². The second-order valence-corrected chi connectivity index (χ2v) is 6.11. The van der Waals surface area contributed by atoms with Gasteiger partial charge in [-0.3, -0.25) is 14.8 Å². The molecule has 1 unspecified atom stereocenters. The molecule has 0 bridgehead atoms. The number of aromatic amines is 1. The van der Waals surface area contributed by atoms with E-state index in [0.29, 0.717) is 28.2 Å². The van der Waals surface area contributed by atoms with Crippen LogP contribution in [0.1, 0.15) is 18.2 Å². The minimum absolute atomic E-state index is 0.109. The topological polar surface area (TPSA) is 73.9 Å². The Hall–Kier alpha value is -1.63. The predicted octanol–water partition coefficient (Wildman–Crippen LogP) is 2.54. The van der Waals surface area contributed by atoms with Gasteiger partial charge in [-0.15, -0.1) is 0 Å². The standard InChI is InChI=1S/C14H15Cl2N5O/c15-10-1-2-11(16)12(5-10)19-13(22)7-21-4-3-9(6-21)14-17-8-18-20-14/h1-2,5,8-9H,3-4,6-7H2,(H,19,22)(H,17,18,20). The zero-order valence-corrected chi connectivity index (χ0v) is 13.2. The van der Waals surface area contributed by atoms with Crippen LogP contribution in [-0.4, -0.2) is 45.6 Å². The van der Waals surface area contributed by atoms with Crippen molar-refractivity contribution >= 4 is 34.8 Å². The molecule has 1 atom stereocenters. The summed E-state index contributed by atoms with van der Waals surface area (Å²) in [6.45, 7) is 1.95. The first-order valence-electron chi connectivity index (χ1n) is 6.94. The van der Waals surface area contributed by atoms with Crippen LogP contribution in [0, 0.1) is 0 Å². The molecule has 2 N–H and O–H groups in total. The van der Waals surface area contributed by atoms with Crippen molar-refractivity contribution < 1.29 is 4.79 Å². The van der Waals surface area contributed by atoms with Crippen LogP contribution in [0.5, 0.6) is 0 Å². The molecule has 0 aliphatic carbocycles. The fraction of sp³-hybridized carbons (Fsp3) is 0.357. The van der Waals surface area contributed by atoms with Gasteiger partial charge in [0.15, 0.2) is 0 Å².